The summed E-state index contributed by atoms with van der Waals surface area (Å²) in [6, 6.07) is 13.5. The van der Waals surface area contributed by atoms with Crippen molar-refractivity contribution in [2.45, 2.75) is 31.7 Å². The van der Waals surface area contributed by atoms with Crippen LogP contribution in [0.3, 0.4) is 0 Å². The molecule has 0 heterocycles. The Kier molecular flexibility index (Phi) is 6.87. The normalized spacial score (nSPS) is 11.2. The van der Waals surface area contributed by atoms with Gasteiger partial charge in [0.25, 0.3) is 0 Å². The first-order valence-corrected chi connectivity index (χ1v) is 10.1. The van der Waals surface area contributed by atoms with E-state index in [0.717, 1.165) is 11.1 Å². The van der Waals surface area contributed by atoms with Crippen LogP contribution in [0.5, 0.6) is 0 Å². The minimum absolute atomic E-state index is 0.00768. The highest BCUT2D eigenvalue weighted by molar-refractivity contribution is 7.89. The third kappa shape index (κ3) is 5.74. The predicted molar refractivity (Wildman–Crippen MR) is 104 cm³/mol. The molecule has 7 heteroatoms. The number of ketones is 1. The number of amides is 1. The summed E-state index contributed by atoms with van der Waals surface area (Å²) in [5, 5.41) is 0. The number of rotatable bonds is 8. The first-order valence-electron chi connectivity index (χ1n) is 8.60. The van der Waals surface area contributed by atoms with E-state index in [4.69, 9.17) is 0 Å². The summed E-state index contributed by atoms with van der Waals surface area (Å²) in [7, 11) is -2.02. The van der Waals surface area contributed by atoms with Crippen LogP contribution < -0.4 is 4.72 Å². The van der Waals surface area contributed by atoms with Crippen LogP contribution in [0.4, 0.5) is 0 Å². The van der Waals surface area contributed by atoms with Crippen LogP contribution >= 0.6 is 0 Å². The molecule has 0 unspecified atom stereocenters. The fraction of sp³-hybridized carbons (Fsp3) is 0.300. The maximum atomic E-state index is 12.3. The quantitative estimate of drug-likeness (QED) is 0.705. The highest BCUT2D eigenvalue weighted by atomic mass is 32.2. The van der Waals surface area contributed by atoms with Gasteiger partial charge < -0.3 is 4.90 Å². The number of benzene rings is 2. The minimum atomic E-state index is -3.72. The van der Waals surface area contributed by atoms with Gasteiger partial charge in [-0.25, -0.2) is 13.1 Å². The lowest BCUT2D eigenvalue weighted by molar-refractivity contribution is -0.130. The summed E-state index contributed by atoms with van der Waals surface area (Å²) in [6.45, 7) is 3.89. The lowest BCUT2D eigenvalue weighted by atomic mass is 10.1. The molecule has 0 aromatic heterocycles. The lowest BCUT2D eigenvalue weighted by Crippen LogP contribution is -2.32. The molecule has 144 valence electrons. The lowest BCUT2D eigenvalue weighted by Gasteiger charge is -2.18. The Morgan fingerprint density at radius 1 is 1.04 bits per heavy atom. The van der Waals surface area contributed by atoms with Crippen molar-refractivity contribution in [2.75, 3.05) is 13.6 Å². The Morgan fingerprint density at radius 2 is 1.67 bits per heavy atom. The summed E-state index contributed by atoms with van der Waals surface area (Å²) < 4.78 is 27.0. The zero-order chi connectivity index (χ0) is 20.0. The predicted octanol–water partition coefficient (Wildman–Crippen LogP) is 2.52. The molecule has 1 N–H and O–H groups in total. The fourth-order valence-electron chi connectivity index (χ4n) is 2.57. The Balaban J connectivity index is 1.89. The molecule has 2 rings (SSSR count). The third-order valence-corrected chi connectivity index (χ3v) is 5.77. The second kappa shape index (κ2) is 8.92. The van der Waals surface area contributed by atoms with E-state index in [0.29, 0.717) is 12.1 Å². The van der Waals surface area contributed by atoms with Crippen molar-refractivity contribution in [1.29, 1.82) is 0 Å². The number of nitrogens with one attached hydrogen (secondary N) is 1. The maximum Gasteiger partial charge on any atom is 0.240 e. The Labute approximate surface area is 160 Å². The van der Waals surface area contributed by atoms with E-state index in [1.165, 1.54) is 31.2 Å². The largest absolute Gasteiger partial charge is 0.341 e. The monoisotopic (exact) mass is 388 g/mol. The van der Waals surface area contributed by atoms with Crippen molar-refractivity contribution in [3.63, 3.8) is 0 Å². The highest BCUT2D eigenvalue weighted by Gasteiger charge is 2.16. The van der Waals surface area contributed by atoms with Crippen LogP contribution in [0.1, 0.15) is 34.8 Å². The zero-order valence-corrected chi connectivity index (χ0v) is 16.5. The Morgan fingerprint density at radius 3 is 2.26 bits per heavy atom. The van der Waals surface area contributed by atoms with Gasteiger partial charge in [-0.05, 0) is 37.1 Å². The van der Waals surface area contributed by atoms with E-state index >= 15 is 0 Å². The summed E-state index contributed by atoms with van der Waals surface area (Å²) >= 11 is 0. The number of aryl methyl sites for hydroxylation is 1. The second-order valence-electron chi connectivity index (χ2n) is 6.40. The van der Waals surface area contributed by atoms with Crippen LogP contribution in [0.2, 0.25) is 0 Å². The van der Waals surface area contributed by atoms with E-state index < -0.39 is 10.0 Å². The number of carbonyl (C=O) groups is 2. The number of hydrogen-bond acceptors (Lipinski definition) is 4. The van der Waals surface area contributed by atoms with Gasteiger partial charge in [0.2, 0.25) is 15.9 Å². The average molecular weight is 388 g/mol. The first kappa shape index (κ1) is 20.8. The van der Waals surface area contributed by atoms with Gasteiger partial charge in [-0.3, -0.25) is 9.59 Å². The molecule has 0 fully saturated rings. The van der Waals surface area contributed by atoms with Gasteiger partial charge in [0.15, 0.2) is 5.78 Å². The summed E-state index contributed by atoms with van der Waals surface area (Å²) in [6.07, 6.45) is 0.0626. The van der Waals surface area contributed by atoms with Gasteiger partial charge in [-0.1, -0.05) is 36.4 Å². The molecule has 2 aromatic carbocycles. The van der Waals surface area contributed by atoms with E-state index in [-0.39, 0.29) is 29.6 Å². The summed E-state index contributed by atoms with van der Waals surface area (Å²) in [4.78, 5) is 25.2. The van der Waals surface area contributed by atoms with Crippen LogP contribution in [0.15, 0.2) is 53.4 Å². The van der Waals surface area contributed by atoms with E-state index in [1.54, 1.807) is 11.9 Å². The van der Waals surface area contributed by atoms with Crippen molar-refractivity contribution >= 4 is 21.7 Å². The standard InChI is InChI=1S/C20H24N2O4S/c1-15-6-4-5-7-18(15)14-22(3)20(24)12-13-21-27(25,26)19-10-8-17(9-11-19)16(2)23/h4-11,21H,12-14H2,1-3H3. The number of carbonyl (C=O) groups excluding carboxylic acids is 2. The van der Waals surface area contributed by atoms with Crippen LogP contribution in [-0.4, -0.2) is 38.6 Å². The van der Waals surface area contributed by atoms with Gasteiger partial charge in [-0.15, -0.1) is 0 Å². The fourth-order valence-corrected chi connectivity index (χ4v) is 3.60. The molecule has 0 saturated heterocycles. The van der Waals surface area contributed by atoms with Gasteiger partial charge in [0.05, 0.1) is 4.90 Å². The number of Topliss-reactive ketones (excluding diaryl/α,β-unsaturated/α-hetero) is 1. The maximum absolute atomic E-state index is 12.3. The number of nitrogens with zero attached hydrogens (tertiary/aromatic N) is 1. The topological polar surface area (TPSA) is 83.5 Å². The van der Waals surface area contributed by atoms with E-state index in [2.05, 4.69) is 4.72 Å². The molecule has 2 aromatic rings. The van der Waals surface area contributed by atoms with Crippen LogP contribution in [0, 0.1) is 6.92 Å². The zero-order valence-electron chi connectivity index (χ0n) is 15.7. The molecule has 0 radical (unpaired) electrons. The summed E-state index contributed by atoms with van der Waals surface area (Å²) in [5.74, 6) is -0.276. The smallest absolute Gasteiger partial charge is 0.240 e. The number of hydrogen-bond donors (Lipinski definition) is 1. The van der Waals surface area contributed by atoms with Crippen molar-refractivity contribution in [3.8, 4) is 0 Å². The molecule has 0 bridgehead atoms. The molecule has 27 heavy (non-hydrogen) atoms. The van der Waals surface area contributed by atoms with Crippen LogP contribution in [-0.2, 0) is 21.4 Å². The molecule has 0 aliphatic rings. The van der Waals surface area contributed by atoms with Crippen LogP contribution in [0.25, 0.3) is 0 Å². The minimum Gasteiger partial charge on any atom is -0.341 e. The first-order chi connectivity index (χ1) is 12.7. The second-order valence-corrected chi connectivity index (χ2v) is 8.17. The SMILES string of the molecule is CC(=O)c1ccc(S(=O)(=O)NCCC(=O)N(C)Cc2ccccc2C)cc1. The average Bonchev–Trinajstić information content (AvgIpc) is 2.63. The third-order valence-electron chi connectivity index (χ3n) is 4.30. The number of sulfonamides is 1. The van der Waals surface area contributed by atoms with Crippen molar-refractivity contribution in [1.82, 2.24) is 9.62 Å². The molecule has 0 aliphatic heterocycles. The van der Waals surface area contributed by atoms with Crippen molar-refractivity contribution < 1.29 is 18.0 Å². The highest BCUT2D eigenvalue weighted by Crippen LogP contribution is 2.12. The molecule has 0 spiro atoms. The molecule has 0 atom stereocenters. The van der Waals surface area contributed by atoms with Crippen molar-refractivity contribution in [3.05, 3.63) is 65.2 Å². The van der Waals surface area contributed by atoms with E-state index in [9.17, 15) is 18.0 Å². The molecule has 0 saturated carbocycles. The van der Waals surface area contributed by atoms with E-state index in [1.807, 2.05) is 31.2 Å². The van der Waals surface area contributed by atoms with Gasteiger partial charge in [-0.2, -0.15) is 0 Å². The Hall–Kier alpha value is -2.51. The molecular formula is C20H24N2O4S. The van der Waals surface area contributed by atoms with Gasteiger partial charge in [0, 0.05) is 32.1 Å². The molecular weight excluding hydrogens is 364 g/mol. The van der Waals surface area contributed by atoms with Crippen molar-refractivity contribution in [2.24, 2.45) is 0 Å². The van der Waals surface area contributed by atoms with Gasteiger partial charge >= 0.3 is 0 Å². The van der Waals surface area contributed by atoms with Gasteiger partial charge in [0.1, 0.15) is 0 Å². The molecule has 1 amide bonds. The molecule has 0 aliphatic carbocycles. The molecule has 6 nitrogen and oxygen atoms in total. The Bertz CT molecular complexity index is 921. The summed E-state index contributed by atoms with van der Waals surface area (Å²) in [5.41, 5.74) is 2.60.